The van der Waals surface area contributed by atoms with E-state index >= 15 is 0 Å². The number of nitrogens with zero attached hydrogens (tertiary/aromatic N) is 4. The lowest BCUT2D eigenvalue weighted by Crippen LogP contribution is -2.42. The lowest BCUT2D eigenvalue weighted by Gasteiger charge is -2.30. The molecule has 0 aliphatic rings. The topological polar surface area (TPSA) is 59.0 Å². The van der Waals surface area contributed by atoms with Gasteiger partial charge in [-0.15, -0.1) is 11.3 Å². The zero-order valence-corrected chi connectivity index (χ0v) is 12.9. The predicted octanol–water partition coefficient (Wildman–Crippen LogP) is 2.86. The Labute approximate surface area is 122 Å². The molecule has 0 radical (unpaired) electrons. The fourth-order valence-electron chi connectivity index (χ4n) is 2.10. The van der Waals surface area contributed by atoms with Crippen LogP contribution >= 0.6 is 11.3 Å². The smallest absolute Gasteiger partial charge is 0.273 e. The van der Waals surface area contributed by atoms with Crippen molar-refractivity contribution < 1.29 is 4.79 Å². The average molecular weight is 290 g/mol. The van der Waals surface area contributed by atoms with Crippen LogP contribution in [0, 0.1) is 0 Å². The van der Waals surface area contributed by atoms with Gasteiger partial charge in [0.1, 0.15) is 16.4 Å². The molecule has 2 aromatic rings. The summed E-state index contributed by atoms with van der Waals surface area (Å²) in [4.78, 5) is 26.9. The van der Waals surface area contributed by atoms with Crippen molar-refractivity contribution in [3.8, 4) is 10.7 Å². The van der Waals surface area contributed by atoms with Gasteiger partial charge in [0.15, 0.2) is 0 Å². The first kappa shape index (κ1) is 14.6. The van der Waals surface area contributed by atoms with E-state index in [1.165, 1.54) is 11.3 Å². The van der Waals surface area contributed by atoms with Crippen molar-refractivity contribution in [2.45, 2.75) is 39.8 Å². The number of carbonyl (C=O) groups is 1. The summed E-state index contributed by atoms with van der Waals surface area (Å²) in [5.41, 5.74) is 1.16. The molecule has 2 heterocycles. The second-order valence-corrected chi connectivity index (χ2v) is 5.89. The van der Waals surface area contributed by atoms with Crippen LogP contribution in [0.1, 0.15) is 38.2 Å². The molecule has 6 heteroatoms. The molecule has 0 saturated heterocycles. The summed E-state index contributed by atoms with van der Waals surface area (Å²) in [6.07, 6.45) is 4.88. The van der Waals surface area contributed by atoms with Gasteiger partial charge in [-0.2, -0.15) is 0 Å². The third-order valence-electron chi connectivity index (χ3n) is 2.85. The molecule has 2 rings (SSSR count). The van der Waals surface area contributed by atoms with E-state index in [4.69, 9.17) is 0 Å². The maximum absolute atomic E-state index is 12.5. The Morgan fingerprint density at radius 1 is 1.20 bits per heavy atom. The summed E-state index contributed by atoms with van der Waals surface area (Å²) in [6, 6.07) is 0.285. The van der Waals surface area contributed by atoms with E-state index in [1.54, 1.807) is 24.0 Å². The molecular formula is C14H18N4OS. The van der Waals surface area contributed by atoms with Gasteiger partial charge in [0, 0.05) is 29.9 Å². The van der Waals surface area contributed by atoms with Gasteiger partial charge in [0.2, 0.25) is 0 Å². The Balaban J connectivity index is 2.27. The van der Waals surface area contributed by atoms with Gasteiger partial charge in [-0.3, -0.25) is 14.8 Å². The van der Waals surface area contributed by atoms with Crippen LogP contribution in [-0.4, -0.2) is 37.8 Å². The van der Waals surface area contributed by atoms with Crippen LogP contribution in [0.3, 0.4) is 0 Å². The Hall–Kier alpha value is -1.82. The molecule has 5 nitrogen and oxygen atoms in total. The number of thiazole rings is 1. The fourth-order valence-corrected chi connectivity index (χ4v) is 2.85. The van der Waals surface area contributed by atoms with Crippen molar-refractivity contribution >= 4 is 17.2 Å². The summed E-state index contributed by atoms with van der Waals surface area (Å²) in [5, 5.41) is 2.50. The summed E-state index contributed by atoms with van der Waals surface area (Å²) < 4.78 is 0. The van der Waals surface area contributed by atoms with Crippen LogP contribution in [0.4, 0.5) is 0 Å². The van der Waals surface area contributed by atoms with E-state index in [0.29, 0.717) is 16.4 Å². The standard InChI is InChI=1S/C14H18N4OS/c1-9(2)18(10(3)4)14(19)12-8-20-13(17-12)11-7-15-5-6-16-11/h5-10H,1-4H3. The molecule has 20 heavy (non-hydrogen) atoms. The second-order valence-electron chi connectivity index (χ2n) is 5.03. The van der Waals surface area contributed by atoms with Gasteiger partial charge in [-0.1, -0.05) is 0 Å². The maximum atomic E-state index is 12.5. The maximum Gasteiger partial charge on any atom is 0.273 e. The van der Waals surface area contributed by atoms with Crippen LogP contribution in [0.2, 0.25) is 0 Å². The monoisotopic (exact) mass is 290 g/mol. The molecule has 2 aromatic heterocycles. The lowest BCUT2D eigenvalue weighted by molar-refractivity contribution is 0.0638. The van der Waals surface area contributed by atoms with Gasteiger partial charge < -0.3 is 4.90 Å². The van der Waals surface area contributed by atoms with Crippen molar-refractivity contribution in [1.82, 2.24) is 19.9 Å². The Morgan fingerprint density at radius 3 is 2.45 bits per heavy atom. The van der Waals surface area contributed by atoms with Crippen molar-refractivity contribution in [3.63, 3.8) is 0 Å². The van der Waals surface area contributed by atoms with Crippen molar-refractivity contribution in [2.24, 2.45) is 0 Å². The van der Waals surface area contributed by atoms with Crippen molar-refractivity contribution in [1.29, 1.82) is 0 Å². The Morgan fingerprint density at radius 2 is 1.90 bits per heavy atom. The average Bonchev–Trinajstić information content (AvgIpc) is 2.88. The van der Waals surface area contributed by atoms with E-state index in [2.05, 4.69) is 15.0 Å². The van der Waals surface area contributed by atoms with E-state index in [1.807, 2.05) is 32.6 Å². The molecule has 0 fully saturated rings. The minimum Gasteiger partial charge on any atom is -0.332 e. The van der Waals surface area contributed by atoms with E-state index < -0.39 is 0 Å². The zero-order valence-electron chi connectivity index (χ0n) is 12.1. The SMILES string of the molecule is CC(C)N(C(=O)c1csc(-c2cnccn2)n1)C(C)C. The number of aromatic nitrogens is 3. The molecule has 0 atom stereocenters. The van der Waals surface area contributed by atoms with Gasteiger partial charge in [0.25, 0.3) is 5.91 Å². The highest BCUT2D eigenvalue weighted by Crippen LogP contribution is 2.22. The summed E-state index contributed by atoms with van der Waals surface area (Å²) >= 11 is 1.41. The number of carbonyl (C=O) groups excluding carboxylic acids is 1. The normalized spacial score (nSPS) is 11.1. The summed E-state index contributed by atoms with van der Waals surface area (Å²) in [6.45, 7) is 8.03. The van der Waals surface area contributed by atoms with Crippen molar-refractivity contribution in [2.75, 3.05) is 0 Å². The minimum atomic E-state index is -0.0404. The molecule has 0 spiro atoms. The first-order valence-electron chi connectivity index (χ1n) is 6.55. The molecule has 0 saturated carbocycles. The van der Waals surface area contributed by atoms with Crippen LogP contribution in [0.5, 0.6) is 0 Å². The molecule has 0 unspecified atom stereocenters. The van der Waals surface area contributed by atoms with Crippen LogP contribution in [-0.2, 0) is 0 Å². The van der Waals surface area contributed by atoms with Gasteiger partial charge in [-0.25, -0.2) is 4.98 Å². The highest BCUT2D eigenvalue weighted by molar-refractivity contribution is 7.13. The quantitative estimate of drug-likeness (QED) is 0.868. The fraction of sp³-hybridized carbons (Fsp3) is 0.429. The van der Waals surface area contributed by atoms with Crippen molar-refractivity contribution in [3.05, 3.63) is 29.7 Å². The number of amides is 1. The first-order valence-corrected chi connectivity index (χ1v) is 7.43. The zero-order chi connectivity index (χ0) is 14.7. The minimum absolute atomic E-state index is 0.0404. The van der Waals surface area contributed by atoms with E-state index in [0.717, 1.165) is 0 Å². The Bertz CT molecular complexity index is 572. The molecule has 1 amide bonds. The molecule has 0 aliphatic carbocycles. The third-order valence-corrected chi connectivity index (χ3v) is 3.72. The lowest BCUT2D eigenvalue weighted by atomic mass is 10.2. The molecule has 0 aromatic carbocycles. The van der Waals surface area contributed by atoms with E-state index in [9.17, 15) is 4.79 Å². The highest BCUT2D eigenvalue weighted by Gasteiger charge is 2.24. The van der Waals surface area contributed by atoms with E-state index in [-0.39, 0.29) is 18.0 Å². The molecule has 0 bridgehead atoms. The second kappa shape index (κ2) is 6.09. The number of hydrogen-bond donors (Lipinski definition) is 0. The summed E-state index contributed by atoms with van der Waals surface area (Å²) in [7, 11) is 0. The van der Waals surface area contributed by atoms with Crippen LogP contribution in [0.25, 0.3) is 10.7 Å². The number of rotatable bonds is 4. The first-order chi connectivity index (χ1) is 9.50. The highest BCUT2D eigenvalue weighted by atomic mass is 32.1. The van der Waals surface area contributed by atoms with Crippen LogP contribution < -0.4 is 0 Å². The largest absolute Gasteiger partial charge is 0.332 e. The van der Waals surface area contributed by atoms with Crippen LogP contribution in [0.15, 0.2) is 24.0 Å². The molecular weight excluding hydrogens is 272 g/mol. The molecule has 106 valence electrons. The van der Waals surface area contributed by atoms with Gasteiger partial charge in [-0.05, 0) is 27.7 Å². The summed E-state index contributed by atoms with van der Waals surface area (Å²) in [5.74, 6) is -0.0404. The predicted molar refractivity (Wildman–Crippen MR) is 79.6 cm³/mol. The number of hydrogen-bond acceptors (Lipinski definition) is 5. The van der Waals surface area contributed by atoms with Gasteiger partial charge >= 0.3 is 0 Å². The molecule has 0 N–H and O–H groups in total. The third kappa shape index (κ3) is 3.01. The Kier molecular flexibility index (Phi) is 4.44. The van der Waals surface area contributed by atoms with Gasteiger partial charge in [0.05, 0.1) is 6.20 Å². The molecule has 0 aliphatic heterocycles.